The number of ether oxygens (including phenoxy) is 2. The molecule has 0 spiro atoms. The minimum atomic E-state index is -3.79. The van der Waals surface area contributed by atoms with E-state index in [-0.39, 0.29) is 17.3 Å². The highest BCUT2D eigenvalue weighted by Crippen LogP contribution is 2.34. The van der Waals surface area contributed by atoms with E-state index in [4.69, 9.17) is 9.47 Å². The number of benzene rings is 2. The van der Waals surface area contributed by atoms with E-state index in [0.29, 0.717) is 36.8 Å². The number of hydrogen-bond acceptors (Lipinski definition) is 5. The van der Waals surface area contributed by atoms with Crippen LogP contribution in [0.5, 0.6) is 11.5 Å². The molecule has 25 heavy (non-hydrogen) atoms. The Bertz CT molecular complexity index is 842. The predicted octanol–water partition coefficient (Wildman–Crippen LogP) is 2.42. The summed E-state index contributed by atoms with van der Waals surface area (Å²) in [5.41, 5.74) is 1.63. The van der Waals surface area contributed by atoms with Crippen LogP contribution in [-0.4, -0.2) is 35.7 Å². The molecule has 0 aliphatic carbocycles. The van der Waals surface area contributed by atoms with Crippen LogP contribution < -0.4 is 19.1 Å². The zero-order chi connectivity index (χ0) is 17.2. The summed E-state index contributed by atoms with van der Waals surface area (Å²) in [7, 11) is -0.825. The van der Waals surface area contributed by atoms with Gasteiger partial charge in [-0.05, 0) is 23.8 Å². The zero-order valence-corrected chi connectivity index (χ0v) is 15.7. The van der Waals surface area contributed by atoms with E-state index in [2.05, 4.69) is 5.32 Å². The molecule has 1 heterocycles. The van der Waals surface area contributed by atoms with Crippen molar-refractivity contribution in [1.29, 1.82) is 0 Å². The molecule has 0 amide bonds. The van der Waals surface area contributed by atoms with Gasteiger partial charge < -0.3 is 14.8 Å². The minimum absolute atomic E-state index is 0. The molecule has 0 aromatic heterocycles. The molecular weight excluding hydrogens is 364 g/mol. The first-order chi connectivity index (χ1) is 11.6. The van der Waals surface area contributed by atoms with Crippen LogP contribution in [0.15, 0.2) is 47.4 Å². The third-order valence-electron chi connectivity index (χ3n) is 4.01. The van der Waals surface area contributed by atoms with Crippen molar-refractivity contribution in [2.45, 2.75) is 11.4 Å². The smallest absolute Gasteiger partial charge is 0.268 e. The van der Waals surface area contributed by atoms with Gasteiger partial charge in [0.15, 0.2) is 0 Å². The average molecular weight is 385 g/mol. The Morgan fingerprint density at radius 1 is 1.08 bits per heavy atom. The second-order valence-electron chi connectivity index (χ2n) is 5.40. The molecule has 0 saturated heterocycles. The molecule has 0 unspecified atom stereocenters. The Hall–Kier alpha value is -1.96. The lowest BCUT2D eigenvalue weighted by atomic mass is 10.2. The van der Waals surface area contributed by atoms with Gasteiger partial charge in [-0.15, -0.1) is 12.4 Å². The quantitative estimate of drug-likeness (QED) is 0.876. The lowest BCUT2D eigenvalue weighted by Crippen LogP contribution is -2.35. The molecular formula is C17H21ClN2O4S. The van der Waals surface area contributed by atoms with Gasteiger partial charge in [-0.25, -0.2) is 8.42 Å². The molecule has 0 bridgehead atoms. The standard InChI is InChI=1S/C17H20N2O4S.ClH/c1-22-14-7-8-16(23-2)17(11-14)24(20,21)19-10-9-18-12-13-5-3-4-6-15(13)19;/h3-8,11,18H,9-10,12H2,1-2H3;1H. The number of rotatable bonds is 4. The van der Waals surface area contributed by atoms with Crippen molar-refractivity contribution < 1.29 is 17.9 Å². The summed E-state index contributed by atoms with van der Waals surface area (Å²) in [6.45, 7) is 1.55. The lowest BCUT2D eigenvalue weighted by molar-refractivity contribution is 0.392. The normalized spacial score (nSPS) is 14.1. The monoisotopic (exact) mass is 384 g/mol. The molecule has 1 aliphatic heterocycles. The highest BCUT2D eigenvalue weighted by Gasteiger charge is 2.30. The Kier molecular flexibility index (Phi) is 6.16. The van der Waals surface area contributed by atoms with Gasteiger partial charge in [0.05, 0.1) is 19.9 Å². The number of fused-ring (bicyclic) bond motifs is 1. The SMILES string of the molecule is COc1ccc(OC)c(S(=O)(=O)N2CCNCc3ccccc32)c1.Cl. The average Bonchev–Trinajstić information content (AvgIpc) is 2.84. The van der Waals surface area contributed by atoms with Crippen molar-refractivity contribution in [3.05, 3.63) is 48.0 Å². The molecule has 0 atom stereocenters. The van der Waals surface area contributed by atoms with Crippen molar-refractivity contribution in [1.82, 2.24) is 5.32 Å². The van der Waals surface area contributed by atoms with E-state index in [9.17, 15) is 8.42 Å². The minimum Gasteiger partial charge on any atom is -0.497 e. The summed E-state index contributed by atoms with van der Waals surface area (Å²) in [5.74, 6) is 0.765. The van der Waals surface area contributed by atoms with Gasteiger partial charge in [-0.3, -0.25) is 4.31 Å². The third kappa shape index (κ3) is 3.68. The Morgan fingerprint density at radius 3 is 2.56 bits per heavy atom. The van der Waals surface area contributed by atoms with Crippen LogP contribution in [0, 0.1) is 0 Å². The maximum atomic E-state index is 13.3. The molecule has 0 radical (unpaired) electrons. The van der Waals surface area contributed by atoms with Crippen molar-refractivity contribution in [2.75, 3.05) is 31.6 Å². The van der Waals surface area contributed by atoms with Crippen LogP contribution in [-0.2, 0) is 16.6 Å². The number of halogens is 1. The first kappa shape index (κ1) is 19.4. The van der Waals surface area contributed by atoms with Crippen molar-refractivity contribution in [3.63, 3.8) is 0 Å². The highest BCUT2D eigenvalue weighted by molar-refractivity contribution is 7.93. The summed E-state index contributed by atoms with van der Waals surface area (Å²) >= 11 is 0. The fourth-order valence-corrected chi connectivity index (χ4v) is 4.46. The van der Waals surface area contributed by atoms with Crippen molar-refractivity contribution in [3.8, 4) is 11.5 Å². The van der Waals surface area contributed by atoms with Crippen LogP contribution >= 0.6 is 12.4 Å². The molecule has 0 saturated carbocycles. The summed E-state index contributed by atoms with van der Waals surface area (Å²) < 4.78 is 38.5. The first-order valence-electron chi connectivity index (χ1n) is 7.61. The van der Waals surface area contributed by atoms with E-state index in [0.717, 1.165) is 5.56 Å². The molecule has 3 rings (SSSR count). The summed E-state index contributed by atoms with van der Waals surface area (Å²) in [6.07, 6.45) is 0. The molecule has 136 valence electrons. The van der Waals surface area contributed by atoms with Gasteiger partial charge in [0.1, 0.15) is 16.4 Å². The van der Waals surface area contributed by atoms with Crippen LogP contribution in [0.4, 0.5) is 5.69 Å². The zero-order valence-electron chi connectivity index (χ0n) is 14.1. The number of anilines is 1. The van der Waals surface area contributed by atoms with Crippen LogP contribution in [0.25, 0.3) is 0 Å². The van der Waals surface area contributed by atoms with Crippen molar-refractivity contribution >= 4 is 28.1 Å². The van der Waals surface area contributed by atoms with Gasteiger partial charge in [0.25, 0.3) is 10.0 Å². The molecule has 6 nitrogen and oxygen atoms in total. The second kappa shape index (κ2) is 7.95. The number of sulfonamides is 1. The summed E-state index contributed by atoms with van der Waals surface area (Å²) in [4.78, 5) is 0.0982. The van der Waals surface area contributed by atoms with E-state index >= 15 is 0 Å². The number of methoxy groups -OCH3 is 2. The molecule has 0 fully saturated rings. The Morgan fingerprint density at radius 2 is 1.84 bits per heavy atom. The third-order valence-corrected chi connectivity index (χ3v) is 5.84. The van der Waals surface area contributed by atoms with Gasteiger partial charge in [-0.2, -0.15) is 0 Å². The number of para-hydroxylation sites is 1. The Labute approximate surface area is 154 Å². The molecule has 8 heteroatoms. The fourth-order valence-electron chi connectivity index (χ4n) is 2.78. The van der Waals surface area contributed by atoms with Gasteiger partial charge in [0, 0.05) is 25.7 Å². The van der Waals surface area contributed by atoms with Gasteiger partial charge >= 0.3 is 0 Å². The fraction of sp³-hybridized carbons (Fsp3) is 0.294. The summed E-state index contributed by atoms with van der Waals surface area (Å²) in [6, 6.07) is 12.3. The van der Waals surface area contributed by atoms with Crippen LogP contribution in [0.2, 0.25) is 0 Å². The molecule has 2 aromatic rings. The van der Waals surface area contributed by atoms with Gasteiger partial charge in [0.2, 0.25) is 0 Å². The Balaban J connectivity index is 0.00000225. The summed E-state index contributed by atoms with van der Waals surface area (Å²) in [5, 5.41) is 3.25. The lowest BCUT2D eigenvalue weighted by Gasteiger charge is -2.25. The number of nitrogens with one attached hydrogen (secondary N) is 1. The van der Waals surface area contributed by atoms with E-state index in [1.54, 1.807) is 12.1 Å². The van der Waals surface area contributed by atoms with Crippen molar-refractivity contribution in [2.24, 2.45) is 0 Å². The second-order valence-corrected chi connectivity index (χ2v) is 7.23. The molecule has 1 aliphatic rings. The van der Waals surface area contributed by atoms with Crippen LogP contribution in [0.1, 0.15) is 5.56 Å². The maximum absolute atomic E-state index is 13.3. The molecule has 1 N–H and O–H groups in total. The molecule has 2 aromatic carbocycles. The van der Waals surface area contributed by atoms with Crippen LogP contribution in [0.3, 0.4) is 0 Å². The largest absolute Gasteiger partial charge is 0.497 e. The maximum Gasteiger partial charge on any atom is 0.268 e. The highest BCUT2D eigenvalue weighted by atomic mass is 35.5. The van der Waals surface area contributed by atoms with Gasteiger partial charge in [-0.1, -0.05) is 18.2 Å². The number of hydrogen-bond donors (Lipinski definition) is 1. The number of nitrogens with zero attached hydrogens (tertiary/aromatic N) is 1. The van der Waals surface area contributed by atoms with E-state index in [1.165, 1.54) is 24.6 Å². The predicted molar refractivity (Wildman–Crippen MR) is 99.5 cm³/mol. The van der Waals surface area contributed by atoms with E-state index in [1.807, 2.05) is 24.3 Å². The van der Waals surface area contributed by atoms with E-state index < -0.39 is 10.0 Å². The first-order valence-corrected chi connectivity index (χ1v) is 9.05. The topological polar surface area (TPSA) is 67.9 Å².